The highest BCUT2D eigenvalue weighted by molar-refractivity contribution is 6.30. The molecule has 1 unspecified atom stereocenters. The van der Waals surface area contributed by atoms with Crippen molar-refractivity contribution in [3.63, 3.8) is 0 Å². The Bertz CT molecular complexity index is 586. The SMILES string of the molecule is O=C(O)C(Nc1cccc(Cl)c1)c1ccc(F)cc1. The van der Waals surface area contributed by atoms with Gasteiger partial charge in [-0.1, -0.05) is 29.8 Å². The average molecular weight is 280 g/mol. The van der Waals surface area contributed by atoms with Crippen LogP contribution in [0.1, 0.15) is 11.6 Å². The van der Waals surface area contributed by atoms with E-state index in [0.29, 0.717) is 16.3 Å². The van der Waals surface area contributed by atoms with E-state index in [1.54, 1.807) is 24.3 Å². The smallest absolute Gasteiger partial charge is 0.330 e. The Balaban J connectivity index is 2.26. The molecule has 0 aliphatic rings. The lowest BCUT2D eigenvalue weighted by Crippen LogP contribution is -2.20. The zero-order chi connectivity index (χ0) is 13.8. The Hall–Kier alpha value is -2.07. The molecular weight excluding hydrogens is 269 g/mol. The number of anilines is 1. The zero-order valence-electron chi connectivity index (χ0n) is 9.81. The van der Waals surface area contributed by atoms with Crippen molar-refractivity contribution < 1.29 is 14.3 Å². The van der Waals surface area contributed by atoms with Gasteiger partial charge in [0.15, 0.2) is 6.04 Å². The summed E-state index contributed by atoms with van der Waals surface area (Å²) in [4.78, 5) is 11.3. The number of rotatable bonds is 4. The molecule has 5 heteroatoms. The highest BCUT2D eigenvalue weighted by atomic mass is 35.5. The van der Waals surface area contributed by atoms with Crippen molar-refractivity contribution in [2.24, 2.45) is 0 Å². The molecule has 2 aromatic carbocycles. The van der Waals surface area contributed by atoms with Crippen LogP contribution >= 0.6 is 11.6 Å². The van der Waals surface area contributed by atoms with Crippen LogP contribution in [0.15, 0.2) is 48.5 Å². The first-order valence-electron chi connectivity index (χ1n) is 5.56. The second kappa shape index (κ2) is 5.71. The summed E-state index contributed by atoms with van der Waals surface area (Å²) in [5.41, 5.74) is 1.05. The fourth-order valence-corrected chi connectivity index (χ4v) is 1.88. The van der Waals surface area contributed by atoms with Crippen LogP contribution in [0.4, 0.5) is 10.1 Å². The minimum absolute atomic E-state index is 0.407. The van der Waals surface area contributed by atoms with Crippen LogP contribution in [0.5, 0.6) is 0 Å². The molecule has 98 valence electrons. The average Bonchev–Trinajstić information content (AvgIpc) is 2.37. The highest BCUT2D eigenvalue weighted by Gasteiger charge is 2.19. The van der Waals surface area contributed by atoms with E-state index in [0.717, 1.165) is 0 Å². The topological polar surface area (TPSA) is 49.3 Å². The molecule has 0 aliphatic carbocycles. The van der Waals surface area contributed by atoms with E-state index in [9.17, 15) is 14.3 Å². The second-order valence-electron chi connectivity index (χ2n) is 3.98. The number of benzene rings is 2. The normalized spacial score (nSPS) is 11.9. The number of carboxylic acid groups (broad SMARTS) is 1. The molecule has 0 radical (unpaired) electrons. The van der Waals surface area contributed by atoms with E-state index >= 15 is 0 Å². The lowest BCUT2D eigenvalue weighted by Gasteiger charge is -2.16. The Labute approximate surface area is 114 Å². The van der Waals surface area contributed by atoms with Crippen LogP contribution in [0.2, 0.25) is 5.02 Å². The Morgan fingerprint density at radius 1 is 1.21 bits per heavy atom. The molecular formula is C14H11ClFNO2. The molecule has 2 N–H and O–H groups in total. The third-order valence-corrected chi connectivity index (χ3v) is 2.82. The number of hydrogen-bond donors (Lipinski definition) is 2. The largest absolute Gasteiger partial charge is 0.479 e. The molecule has 0 saturated heterocycles. The molecule has 0 amide bonds. The summed E-state index contributed by atoms with van der Waals surface area (Å²) in [5.74, 6) is -1.46. The third kappa shape index (κ3) is 3.45. The van der Waals surface area contributed by atoms with E-state index in [2.05, 4.69) is 5.32 Å². The molecule has 2 aromatic rings. The molecule has 19 heavy (non-hydrogen) atoms. The Kier molecular flexibility index (Phi) is 4.02. The fraction of sp³-hybridized carbons (Fsp3) is 0.0714. The van der Waals surface area contributed by atoms with Crippen molar-refractivity contribution in [1.82, 2.24) is 0 Å². The van der Waals surface area contributed by atoms with Gasteiger partial charge < -0.3 is 10.4 Å². The number of carboxylic acids is 1. The summed E-state index contributed by atoms with van der Waals surface area (Å²) in [5, 5.41) is 12.6. The molecule has 1 atom stereocenters. The third-order valence-electron chi connectivity index (χ3n) is 2.59. The molecule has 0 aliphatic heterocycles. The molecule has 0 aromatic heterocycles. The van der Waals surface area contributed by atoms with Gasteiger partial charge in [0.1, 0.15) is 5.82 Å². The molecule has 3 nitrogen and oxygen atoms in total. The first-order valence-corrected chi connectivity index (χ1v) is 5.94. The zero-order valence-corrected chi connectivity index (χ0v) is 10.6. The van der Waals surface area contributed by atoms with E-state index < -0.39 is 17.8 Å². The van der Waals surface area contributed by atoms with Gasteiger partial charge in [-0.25, -0.2) is 9.18 Å². The quantitative estimate of drug-likeness (QED) is 0.897. The van der Waals surface area contributed by atoms with Crippen molar-refractivity contribution in [3.05, 3.63) is 64.9 Å². The van der Waals surface area contributed by atoms with Crippen LogP contribution in [-0.4, -0.2) is 11.1 Å². The number of hydrogen-bond acceptors (Lipinski definition) is 2. The summed E-state index contributed by atoms with van der Waals surface area (Å²) >= 11 is 5.84. The van der Waals surface area contributed by atoms with Crippen molar-refractivity contribution >= 4 is 23.3 Å². The van der Waals surface area contributed by atoms with Crippen molar-refractivity contribution in [2.45, 2.75) is 6.04 Å². The lowest BCUT2D eigenvalue weighted by molar-refractivity contribution is -0.138. The van der Waals surface area contributed by atoms with Gasteiger partial charge in [-0.05, 0) is 35.9 Å². The van der Waals surface area contributed by atoms with E-state index in [4.69, 9.17) is 11.6 Å². The lowest BCUT2D eigenvalue weighted by atomic mass is 10.1. The van der Waals surface area contributed by atoms with Crippen molar-refractivity contribution in [2.75, 3.05) is 5.32 Å². The predicted molar refractivity (Wildman–Crippen MR) is 71.9 cm³/mol. The molecule has 0 spiro atoms. The number of halogens is 2. The first-order chi connectivity index (χ1) is 9.06. The molecule has 0 heterocycles. The molecule has 2 rings (SSSR count). The summed E-state index contributed by atoms with van der Waals surface area (Å²) < 4.78 is 12.8. The molecule has 0 bridgehead atoms. The van der Waals surface area contributed by atoms with Crippen LogP contribution < -0.4 is 5.32 Å². The van der Waals surface area contributed by atoms with Gasteiger partial charge in [0.2, 0.25) is 0 Å². The second-order valence-corrected chi connectivity index (χ2v) is 4.41. The maximum absolute atomic E-state index is 12.8. The van der Waals surface area contributed by atoms with Crippen LogP contribution in [0.3, 0.4) is 0 Å². The van der Waals surface area contributed by atoms with Gasteiger partial charge in [0.05, 0.1) is 0 Å². The van der Waals surface area contributed by atoms with E-state index in [1.807, 2.05) is 0 Å². The maximum Gasteiger partial charge on any atom is 0.330 e. The summed E-state index contributed by atoms with van der Waals surface area (Å²) in [6, 6.07) is 11.1. The fourth-order valence-electron chi connectivity index (χ4n) is 1.69. The van der Waals surface area contributed by atoms with Gasteiger partial charge in [-0.2, -0.15) is 0 Å². The number of carbonyl (C=O) groups is 1. The Morgan fingerprint density at radius 3 is 2.47 bits per heavy atom. The predicted octanol–water partition coefficient (Wildman–Crippen LogP) is 3.72. The van der Waals surface area contributed by atoms with Crippen molar-refractivity contribution in [1.29, 1.82) is 0 Å². The van der Waals surface area contributed by atoms with Gasteiger partial charge in [-0.3, -0.25) is 0 Å². The van der Waals surface area contributed by atoms with Crippen LogP contribution in [0, 0.1) is 5.82 Å². The molecule has 0 saturated carbocycles. The number of aliphatic carboxylic acids is 1. The van der Waals surface area contributed by atoms with Gasteiger partial charge in [0, 0.05) is 10.7 Å². The summed E-state index contributed by atoms with van der Waals surface area (Å²) in [6.07, 6.45) is 0. The van der Waals surface area contributed by atoms with Crippen LogP contribution in [0.25, 0.3) is 0 Å². The van der Waals surface area contributed by atoms with Gasteiger partial charge in [0.25, 0.3) is 0 Å². The summed E-state index contributed by atoms with van der Waals surface area (Å²) in [7, 11) is 0. The van der Waals surface area contributed by atoms with Gasteiger partial charge >= 0.3 is 5.97 Å². The first kappa shape index (κ1) is 13.4. The van der Waals surface area contributed by atoms with E-state index in [-0.39, 0.29) is 0 Å². The highest BCUT2D eigenvalue weighted by Crippen LogP contribution is 2.22. The maximum atomic E-state index is 12.8. The molecule has 0 fully saturated rings. The van der Waals surface area contributed by atoms with Gasteiger partial charge in [-0.15, -0.1) is 0 Å². The summed E-state index contributed by atoms with van der Waals surface area (Å²) in [6.45, 7) is 0. The van der Waals surface area contributed by atoms with Crippen molar-refractivity contribution in [3.8, 4) is 0 Å². The number of nitrogens with one attached hydrogen (secondary N) is 1. The minimum atomic E-state index is -1.05. The van der Waals surface area contributed by atoms with Crippen LogP contribution in [-0.2, 0) is 4.79 Å². The standard InChI is InChI=1S/C14H11ClFNO2/c15-10-2-1-3-12(8-10)17-13(14(18)19)9-4-6-11(16)7-5-9/h1-8,13,17H,(H,18,19). The Morgan fingerprint density at radius 2 is 1.89 bits per heavy atom. The van der Waals surface area contributed by atoms with E-state index in [1.165, 1.54) is 24.3 Å². The monoisotopic (exact) mass is 279 g/mol. The minimum Gasteiger partial charge on any atom is -0.479 e.